The number of piperidine rings is 1. The third-order valence-corrected chi connectivity index (χ3v) is 11.8. The van der Waals surface area contributed by atoms with Gasteiger partial charge in [0.1, 0.15) is 18.0 Å². The molecule has 1 aromatic rings. The molecule has 2 heterocycles. The number of nitrogens with zero attached hydrogens (tertiary/aromatic N) is 2. The van der Waals surface area contributed by atoms with E-state index in [-0.39, 0.29) is 24.7 Å². The number of likely N-dealkylation sites (tertiary alicyclic amines) is 1. The van der Waals surface area contributed by atoms with Gasteiger partial charge in [0.15, 0.2) is 0 Å². The van der Waals surface area contributed by atoms with Crippen LogP contribution in [-0.2, 0) is 21.4 Å². The van der Waals surface area contributed by atoms with Gasteiger partial charge < -0.3 is 19.9 Å². The summed E-state index contributed by atoms with van der Waals surface area (Å²) < 4.78 is 11.4. The number of amides is 3. The fourth-order valence-corrected chi connectivity index (χ4v) is 8.48. The van der Waals surface area contributed by atoms with Gasteiger partial charge in [0.25, 0.3) is 5.91 Å². The van der Waals surface area contributed by atoms with Crippen molar-refractivity contribution in [2.24, 2.45) is 5.92 Å². The topological polar surface area (TPSA) is 91.3 Å². The average molecular weight is 542 g/mol. The SMILES string of the molecule is COc1ccc2c(c1)[C@]13CCN(CC4CC4)[C@H](C2)[C@]1(O)CC[C@@]1(C3)NC(=O)N(COCC[Si](C)(C)C)C1=O. The van der Waals surface area contributed by atoms with Crippen molar-refractivity contribution < 1.29 is 24.2 Å². The fourth-order valence-electron chi connectivity index (χ4n) is 7.73. The van der Waals surface area contributed by atoms with Gasteiger partial charge in [-0.05, 0) is 86.7 Å². The normalized spacial score (nSPS) is 34.8. The maximum absolute atomic E-state index is 13.9. The number of rotatable bonds is 8. The molecule has 4 fully saturated rings. The molecule has 3 aliphatic carbocycles. The van der Waals surface area contributed by atoms with Crippen LogP contribution in [0.25, 0.3) is 0 Å². The van der Waals surface area contributed by atoms with E-state index in [0.717, 1.165) is 49.2 Å². The van der Waals surface area contributed by atoms with Crippen LogP contribution in [0.1, 0.15) is 49.7 Å². The molecule has 38 heavy (non-hydrogen) atoms. The lowest BCUT2D eigenvalue weighted by atomic mass is 9.46. The lowest BCUT2D eigenvalue weighted by Gasteiger charge is -2.65. The first-order chi connectivity index (χ1) is 18.0. The van der Waals surface area contributed by atoms with E-state index in [9.17, 15) is 14.7 Å². The molecule has 0 unspecified atom stereocenters. The van der Waals surface area contributed by atoms with Gasteiger partial charge in [-0.15, -0.1) is 0 Å². The van der Waals surface area contributed by atoms with Crippen molar-refractivity contribution in [3.63, 3.8) is 0 Å². The van der Waals surface area contributed by atoms with Crippen molar-refractivity contribution in [1.82, 2.24) is 15.1 Å². The maximum Gasteiger partial charge on any atom is 0.326 e. The Hall–Kier alpha value is -1.94. The molecule has 3 amide bonds. The third-order valence-electron chi connectivity index (χ3n) is 10.1. The van der Waals surface area contributed by atoms with E-state index in [1.807, 2.05) is 6.07 Å². The molecule has 8 nitrogen and oxygen atoms in total. The van der Waals surface area contributed by atoms with Crippen molar-refractivity contribution in [2.45, 2.75) is 93.2 Å². The Bertz CT molecular complexity index is 1140. The summed E-state index contributed by atoms with van der Waals surface area (Å²) in [6.07, 6.45) is 5.43. The Morgan fingerprint density at radius 2 is 1.95 bits per heavy atom. The molecule has 4 atom stereocenters. The minimum absolute atomic E-state index is 0.0169. The van der Waals surface area contributed by atoms with E-state index >= 15 is 0 Å². The van der Waals surface area contributed by atoms with Crippen molar-refractivity contribution in [3.8, 4) is 5.75 Å². The molecular formula is C29H43N3O5Si. The predicted octanol–water partition coefficient (Wildman–Crippen LogP) is 3.49. The van der Waals surface area contributed by atoms with Crippen LogP contribution in [0, 0.1) is 5.92 Å². The van der Waals surface area contributed by atoms with Crippen molar-refractivity contribution >= 4 is 20.0 Å². The van der Waals surface area contributed by atoms with Crippen molar-refractivity contribution in [2.75, 3.05) is 33.5 Å². The minimum atomic E-state index is -1.27. The van der Waals surface area contributed by atoms with Crippen molar-refractivity contribution in [1.29, 1.82) is 0 Å². The third kappa shape index (κ3) is 4.12. The van der Waals surface area contributed by atoms with Crippen LogP contribution in [0.5, 0.6) is 5.75 Å². The van der Waals surface area contributed by atoms with Crippen LogP contribution in [-0.4, -0.2) is 85.6 Å². The van der Waals surface area contributed by atoms with Crippen molar-refractivity contribution in [3.05, 3.63) is 29.3 Å². The van der Waals surface area contributed by atoms with Crippen LogP contribution in [0.4, 0.5) is 4.79 Å². The Kier molecular flexibility index (Phi) is 6.26. The highest BCUT2D eigenvalue weighted by Crippen LogP contribution is 2.61. The Morgan fingerprint density at radius 1 is 1.16 bits per heavy atom. The molecule has 2 N–H and O–H groups in total. The zero-order valence-electron chi connectivity index (χ0n) is 23.3. The van der Waals surface area contributed by atoms with E-state index in [4.69, 9.17) is 9.47 Å². The highest BCUT2D eigenvalue weighted by molar-refractivity contribution is 6.76. The van der Waals surface area contributed by atoms with Crippen LogP contribution >= 0.6 is 0 Å². The van der Waals surface area contributed by atoms with Gasteiger partial charge in [-0.3, -0.25) is 9.69 Å². The molecule has 2 saturated heterocycles. The summed E-state index contributed by atoms with van der Waals surface area (Å²) in [6.45, 7) is 9.30. The van der Waals surface area contributed by atoms with Gasteiger partial charge in [-0.25, -0.2) is 9.69 Å². The summed E-state index contributed by atoms with van der Waals surface area (Å²) in [6, 6.07) is 6.83. The van der Waals surface area contributed by atoms with Crippen LogP contribution in [0.3, 0.4) is 0 Å². The Balaban J connectivity index is 1.32. The Labute approximate surface area is 227 Å². The van der Waals surface area contributed by atoms with E-state index in [0.29, 0.717) is 25.9 Å². The number of methoxy groups -OCH3 is 1. The first-order valence-electron chi connectivity index (χ1n) is 14.4. The molecule has 2 saturated carbocycles. The molecule has 5 aliphatic rings. The zero-order chi connectivity index (χ0) is 26.9. The number of aliphatic hydroxyl groups is 1. The van der Waals surface area contributed by atoms with E-state index in [1.165, 1.54) is 23.3 Å². The average Bonchev–Trinajstić information content (AvgIpc) is 3.65. The molecule has 1 spiro atoms. The summed E-state index contributed by atoms with van der Waals surface area (Å²) in [5.74, 6) is 1.29. The molecular weight excluding hydrogens is 498 g/mol. The molecule has 208 valence electrons. The number of benzene rings is 1. The molecule has 6 rings (SSSR count). The van der Waals surface area contributed by atoms with Gasteiger partial charge in [0, 0.05) is 32.7 Å². The van der Waals surface area contributed by atoms with Gasteiger partial charge in [0.05, 0.1) is 12.7 Å². The zero-order valence-corrected chi connectivity index (χ0v) is 24.3. The van der Waals surface area contributed by atoms with Crippen LogP contribution < -0.4 is 10.1 Å². The van der Waals surface area contributed by atoms with E-state index in [1.54, 1.807) is 7.11 Å². The molecule has 2 bridgehead atoms. The first-order valence-corrected chi connectivity index (χ1v) is 18.1. The predicted molar refractivity (Wildman–Crippen MR) is 147 cm³/mol. The highest BCUT2D eigenvalue weighted by atomic mass is 28.3. The largest absolute Gasteiger partial charge is 0.497 e. The number of carbonyl (C=O) groups is 2. The number of imide groups is 1. The standard InChI is InChI=1S/C29H43N3O5Si/c1-36-22-8-7-21-15-24-29(35)10-9-28(25(33)32(26(34)30-28)19-37-13-14-38(2,3)4)18-27(29,23(21)16-22)11-12-31(24)17-20-5-6-20/h7-8,16,20,24,35H,5-6,9-15,17-19H2,1-4H3,(H,30,34)/t24-,27-,28+,29-/m1/s1. The number of carbonyl (C=O) groups excluding carboxylic acids is 2. The van der Waals surface area contributed by atoms with E-state index in [2.05, 4.69) is 42.0 Å². The van der Waals surface area contributed by atoms with E-state index < -0.39 is 24.6 Å². The summed E-state index contributed by atoms with van der Waals surface area (Å²) in [7, 11) is 0.391. The van der Waals surface area contributed by atoms with Crippen LogP contribution in [0.2, 0.25) is 25.7 Å². The number of ether oxygens (including phenoxy) is 2. The molecule has 0 radical (unpaired) electrons. The maximum atomic E-state index is 13.9. The van der Waals surface area contributed by atoms with Gasteiger partial charge in [-0.2, -0.15) is 0 Å². The van der Waals surface area contributed by atoms with Gasteiger partial charge in [-0.1, -0.05) is 25.7 Å². The number of hydrogen-bond acceptors (Lipinski definition) is 6. The molecule has 2 aliphatic heterocycles. The summed E-state index contributed by atoms with van der Waals surface area (Å²) >= 11 is 0. The molecule has 9 heteroatoms. The Morgan fingerprint density at radius 3 is 2.66 bits per heavy atom. The number of nitrogens with one attached hydrogen (secondary N) is 1. The van der Waals surface area contributed by atoms with Crippen LogP contribution in [0.15, 0.2) is 18.2 Å². The smallest absolute Gasteiger partial charge is 0.326 e. The summed E-state index contributed by atoms with van der Waals surface area (Å²) in [5, 5.41) is 15.7. The van der Waals surface area contributed by atoms with Gasteiger partial charge >= 0.3 is 6.03 Å². The van der Waals surface area contributed by atoms with Gasteiger partial charge in [0.2, 0.25) is 0 Å². The first kappa shape index (κ1) is 26.3. The number of hydrogen-bond donors (Lipinski definition) is 2. The minimum Gasteiger partial charge on any atom is -0.497 e. The second-order valence-electron chi connectivity index (χ2n) is 13.7. The number of urea groups is 1. The fraction of sp³-hybridized carbons (Fsp3) is 0.724. The quantitative estimate of drug-likeness (QED) is 0.298. The highest BCUT2D eigenvalue weighted by Gasteiger charge is 2.70. The second-order valence-corrected chi connectivity index (χ2v) is 19.3. The monoisotopic (exact) mass is 541 g/mol. The number of fused-ring (bicyclic) bond motifs is 1. The lowest BCUT2D eigenvalue weighted by Crippen LogP contribution is -2.76. The lowest BCUT2D eigenvalue weighted by molar-refractivity contribution is -0.182. The molecule has 0 aromatic heterocycles. The molecule has 1 aromatic carbocycles. The summed E-state index contributed by atoms with van der Waals surface area (Å²) in [4.78, 5) is 30.8. The second kappa shape index (κ2) is 9.04. The summed E-state index contributed by atoms with van der Waals surface area (Å²) in [5.41, 5.74) is -0.298.